The summed E-state index contributed by atoms with van der Waals surface area (Å²) in [4.78, 5) is 273. The first kappa shape index (κ1) is 102. The number of amides is 15. The maximum Gasteiger partial charge on any atom is 0.305 e. The first-order valence-corrected chi connectivity index (χ1v) is 45.8. The molecule has 4 fully saturated rings. The zero-order valence-electron chi connectivity index (χ0n) is 74.2. The minimum Gasteiger partial charge on any atom is -0.508 e. The van der Waals surface area contributed by atoms with Crippen LogP contribution in [0.4, 0.5) is 0 Å². The second kappa shape index (κ2) is 49.4. The molecule has 42 heteroatoms. The van der Waals surface area contributed by atoms with E-state index in [1.165, 1.54) is 48.2 Å². The lowest BCUT2D eigenvalue weighted by atomic mass is 9.91. The topological polar surface area (TPSA) is 628 Å². The monoisotopic (exact) mass is 1840 g/mol. The number of thioether (sulfide) groups is 1. The Morgan fingerprint density at radius 3 is 1.50 bits per heavy atom. The number of fused-ring (bicyclic) bond motifs is 5. The second-order valence-electron chi connectivity index (χ2n) is 33.7. The lowest BCUT2D eigenvalue weighted by molar-refractivity contribution is -0.149. The minimum atomic E-state index is -1.88. The van der Waals surface area contributed by atoms with E-state index in [-0.39, 0.29) is 128 Å². The number of rotatable bonds is 26. The number of Topliss-reactive ketones (excluding diaryl/α,β-unsaturated/α-hetero) is 1. The van der Waals surface area contributed by atoms with Crippen LogP contribution in [0.5, 0.6) is 5.75 Å². The molecule has 6 heterocycles. The van der Waals surface area contributed by atoms with Gasteiger partial charge in [-0.3, -0.25) is 86.3 Å². The quantitative estimate of drug-likeness (QED) is 0.0302. The number of benzene rings is 3. The summed E-state index contributed by atoms with van der Waals surface area (Å²) in [7, 11) is 2.78. The summed E-state index contributed by atoms with van der Waals surface area (Å²) in [6, 6.07) is 0.381. The number of nitrogens with zero attached hydrogens (tertiary/aromatic N) is 5. The number of carbonyl (C=O) groups excluding carboxylic acids is 16. The molecule has 0 spiro atoms. The smallest absolute Gasteiger partial charge is 0.305 e. The van der Waals surface area contributed by atoms with Crippen LogP contribution in [-0.4, -0.2) is 306 Å². The van der Waals surface area contributed by atoms with Gasteiger partial charge in [0.15, 0.2) is 5.78 Å². The highest BCUT2D eigenvalue weighted by atomic mass is 32.2. The largest absolute Gasteiger partial charge is 0.508 e. The van der Waals surface area contributed by atoms with Crippen LogP contribution in [0.3, 0.4) is 0 Å². The fraction of sp³-hybridized carbons (Fsp3) is 0.551. The van der Waals surface area contributed by atoms with Gasteiger partial charge in [-0.05, 0) is 131 Å². The van der Waals surface area contributed by atoms with Crippen molar-refractivity contribution in [2.24, 2.45) is 28.9 Å². The third-order valence-corrected chi connectivity index (χ3v) is 25.3. The molecule has 1 unspecified atom stereocenters. The molecule has 2 aromatic heterocycles. The SMILES string of the molecule is CCCC[C@H]1C(=O)N(C)[C@@H](CCCC)C(=O)N[C@@H](CCCN)C(=O)N[C@H](C(=O)NCC(N)=O)CSCC(=O)N[C@@H](Cc2ccc(O)cc2)C(=O)N2CCC[C@H]2C(=O)NC(CC(=O)O)C(=O)N2CCC[C@H]2C(=O)N[C@@H](CN)C(=O)N[C@@H](CCC(=O)O)C(=O)N2CCC[C@H]2C(=O)N[C@@H](Cc2c[nH]c3ccccc23)C(=O)C[C@@H](CCN)C(=O)N[C@@H](Cc2c[nH]c3ccccc23)C(=O)N1C. The van der Waals surface area contributed by atoms with Gasteiger partial charge in [0.05, 0.1) is 24.8 Å². The van der Waals surface area contributed by atoms with Gasteiger partial charge in [0.1, 0.15) is 78.3 Å². The van der Waals surface area contributed by atoms with E-state index in [4.69, 9.17) is 22.9 Å². The normalized spacial score (nSPS) is 25.0. The molecule has 41 nitrogen and oxygen atoms in total. The van der Waals surface area contributed by atoms with Gasteiger partial charge in [-0.15, -0.1) is 11.8 Å². The van der Waals surface area contributed by atoms with Crippen molar-refractivity contribution in [1.82, 2.24) is 82.3 Å². The molecule has 0 radical (unpaired) electrons. The molecule has 4 saturated heterocycles. The molecule has 5 aromatic rings. The summed E-state index contributed by atoms with van der Waals surface area (Å²) in [6.07, 6.45) is 1.95. The van der Waals surface area contributed by atoms with Crippen LogP contribution < -0.4 is 70.8 Å². The highest BCUT2D eigenvalue weighted by Gasteiger charge is 2.47. The number of H-pyrrole nitrogens is 2. The van der Waals surface area contributed by atoms with E-state index in [2.05, 4.69) is 57.8 Å². The Kier molecular flexibility index (Phi) is 38.6. The zero-order chi connectivity index (χ0) is 95.3. The van der Waals surface area contributed by atoms with Crippen LogP contribution in [0.2, 0.25) is 0 Å². The Hall–Kier alpha value is -12.6. The van der Waals surface area contributed by atoms with Crippen molar-refractivity contribution in [3.63, 3.8) is 0 Å². The molecule has 0 bridgehead atoms. The van der Waals surface area contributed by atoms with Crippen molar-refractivity contribution < 1.29 is 102 Å². The number of carboxylic acids is 2. The molecule has 9 rings (SSSR count). The molecule has 4 aliphatic rings. The fourth-order valence-electron chi connectivity index (χ4n) is 17.2. The number of unbranched alkanes of at least 4 members (excludes halogenated alkanes) is 2. The van der Waals surface area contributed by atoms with Crippen molar-refractivity contribution in [1.29, 1.82) is 0 Å². The Morgan fingerprint density at radius 2 is 0.969 bits per heavy atom. The highest BCUT2D eigenvalue weighted by molar-refractivity contribution is 8.00. The lowest BCUT2D eigenvalue weighted by Gasteiger charge is -2.36. The van der Waals surface area contributed by atoms with E-state index in [0.717, 1.165) is 26.5 Å². The van der Waals surface area contributed by atoms with Gasteiger partial charge in [-0.25, -0.2) is 0 Å². The number of carbonyl (C=O) groups is 18. The van der Waals surface area contributed by atoms with Crippen LogP contribution in [0, 0.1) is 5.92 Å². The molecule has 14 atom stereocenters. The third kappa shape index (κ3) is 28.0. The zero-order valence-corrected chi connectivity index (χ0v) is 75.0. The number of likely N-dealkylation sites (N-methyl/N-ethyl adjacent to an activating group) is 2. The summed E-state index contributed by atoms with van der Waals surface area (Å²) < 4.78 is 0. The number of primary amides is 1. The molecule has 4 aliphatic heterocycles. The summed E-state index contributed by atoms with van der Waals surface area (Å²) >= 11 is 0.787. The second-order valence-corrected chi connectivity index (χ2v) is 34.7. The van der Waals surface area contributed by atoms with Gasteiger partial charge in [0.2, 0.25) is 88.6 Å². The molecule has 15 amide bonds. The molecule has 131 heavy (non-hydrogen) atoms. The van der Waals surface area contributed by atoms with Crippen molar-refractivity contribution in [3.05, 3.63) is 102 Å². The molecule has 3 aromatic carbocycles. The number of phenols is 1. The van der Waals surface area contributed by atoms with Crippen molar-refractivity contribution in [2.45, 2.75) is 234 Å². The number of hydrogen-bond acceptors (Lipinski definition) is 23. The summed E-state index contributed by atoms with van der Waals surface area (Å²) in [5, 5.41) is 55.5. The lowest BCUT2D eigenvalue weighted by Crippen LogP contribution is -2.61. The minimum absolute atomic E-state index is 0.000307. The Labute approximate surface area is 761 Å². The van der Waals surface area contributed by atoms with Gasteiger partial charge < -0.3 is 121 Å². The number of hydrogen-bond donors (Lipinski definition) is 18. The van der Waals surface area contributed by atoms with E-state index in [9.17, 15) is 63.3 Å². The van der Waals surface area contributed by atoms with E-state index in [1.807, 2.05) is 26.0 Å². The fourth-order valence-corrected chi connectivity index (χ4v) is 18.0. The maximum atomic E-state index is 15.8. The predicted octanol–water partition coefficient (Wildman–Crippen LogP) is -1.42. The van der Waals surface area contributed by atoms with Gasteiger partial charge in [0.25, 0.3) is 0 Å². The number of ketones is 1. The highest BCUT2D eigenvalue weighted by Crippen LogP contribution is 2.29. The number of nitrogens with two attached hydrogens (primary N) is 4. The van der Waals surface area contributed by atoms with Crippen LogP contribution in [0.15, 0.2) is 85.2 Å². The van der Waals surface area contributed by atoms with E-state index in [1.54, 1.807) is 48.8 Å². The number of aromatic nitrogens is 2. The summed E-state index contributed by atoms with van der Waals surface area (Å²) in [6.45, 7) is 1.84. The van der Waals surface area contributed by atoms with Crippen LogP contribution in [-0.2, 0) is 106 Å². The Morgan fingerprint density at radius 1 is 0.481 bits per heavy atom. The summed E-state index contributed by atoms with van der Waals surface area (Å²) in [5.41, 5.74) is 26.8. The number of para-hydroxylation sites is 2. The first-order valence-electron chi connectivity index (χ1n) is 44.6. The van der Waals surface area contributed by atoms with Crippen molar-refractivity contribution in [2.75, 3.05) is 71.4 Å². The number of aromatic amines is 2. The van der Waals surface area contributed by atoms with E-state index >= 15 is 38.4 Å². The van der Waals surface area contributed by atoms with Crippen molar-refractivity contribution >= 4 is 140 Å². The Balaban J connectivity index is 1.08. The maximum absolute atomic E-state index is 15.8. The van der Waals surface area contributed by atoms with Crippen LogP contribution >= 0.6 is 11.8 Å². The molecule has 22 N–H and O–H groups in total. The van der Waals surface area contributed by atoms with Crippen LogP contribution in [0.1, 0.15) is 153 Å². The van der Waals surface area contributed by atoms with E-state index in [0.29, 0.717) is 64.2 Å². The Bertz CT molecular complexity index is 4930. The third-order valence-electron chi connectivity index (χ3n) is 24.3. The average molecular weight is 1840 g/mol. The molecule has 0 aliphatic carbocycles. The van der Waals surface area contributed by atoms with E-state index < -0.39 is 241 Å². The number of carboxylic acid groups (broad SMARTS) is 2. The van der Waals surface area contributed by atoms with Gasteiger partial charge in [-0.1, -0.05) is 88.1 Å². The molecule has 712 valence electrons. The number of nitrogens with one attached hydrogen (secondary N) is 11. The number of aromatic hydroxyl groups is 1. The molecular formula is C89H124N20O21S. The van der Waals surface area contributed by atoms with Gasteiger partial charge in [-0.2, -0.15) is 0 Å². The van der Waals surface area contributed by atoms with Gasteiger partial charge in [0, 0.05) is 118 Å². The first-order chi connectivity index (χ1) is 62.7. The molecular weight excluding hydrogens is 1720 g/mol. The standard InChI is InChI=1S/C89H124N20O21S/c1-5-7-22-67-81(122)98-59(21-13-34-90)79(120)104-66(78(119)96-47-73(93)112)48-131-49-74(113)97-62(39-50-27-29-54(110)30-28-50)87(128)108-37-15-25-69(108)83(124)102-64(43-76(116)117)88(129)109-38-16-26-70(109)84(125)103-65(44-92)80(121)99-60(31-32-75(114)115)86(127)107-36-14-24-68(107)82(123)100-61(40-52-45-94-57-19-11-9-17-55(52)57)72(111)42-51(33-35-91)77(118)101-63(41-53-46-95-58-20-12-10-18-56(53)58)85(126)106(4)71(23-8-6-2)89(130)105(67)3/h9-12,17-20,27-30,45-46,51,59-71,94-95,110H,5-8,13-16,21-26,31-44,47-49,90-92H2,1-4H3,(H2,93,112)(H,96,119)(H,97,113)(H,98,122)(H,99,121)(H,100,123)(H,101,118)(H,102,124)(H,103,125)(H,104,120)(H,114,115)(H,116,117)/t51-,59+,60+,61+,62+,63+,64?,65+,66+,67+,68+,69+,70+,71+/m1/s1. The van der Waals surface area contributed by atoms with Crippen LogP contribution in [0.25, 0.3) is 21.8 Å². The van der Waals surface area contributed by atoms with Crippen molar-refractivity contribution in [3.8, 4) is 5.75 Å². The molecule has 0 saturated carbocycles. The summed E-state index contributed by atoms with van der Waals surface area (Å²) in [5.74, 6) is -19.5. The predicted molar refractivity (Wildman–Crippen MR) is 480 cm³/mol. The number of aliphatic carboxylic acids is 2. The van der Waals surface area contributed by atoms with Gasteiger partial charge >= 0.3 is 11.9 Å². The number of phenolic OH excluding ortho intramolecular Hbond substituents is 1. The average Bonchev–Trinajstić information content (AvgIpc) is 1.20.